The van der Waals surface area contributed by atoms with Gasteiger partial charge in [-0.15, -0.1) is 0 Å². The average molecular weight is 295 g/mol. The van der Waals surface area contributed by atoms with Gasteiger partial charge in [-0.05, 0) is 43.9 Å². The van der Waals surface area contributed by atoms with Gasteiger partial charge in [0.25, 0.3) is 0 Å². The summed E-state index contributed by atoms with van der Waals surface area (Å²) in [5, 5.41) is 13.1. The smallest absolute Gasteiger partial charge is 0.123 e. The number of hydrogen-bond acceptors (Lipinski definition) is 4. The molecule has 2 N–H and O–H groups in total. The molecule has 21 heavy (non-hydrogen) atoms. The van der Waals surface area contributed by atoms with E-state index in [9.17, 15) is 5.11 Å². The summed E-state index contributed by atoms with van der Waals surface area (Å²) in [6.07, 6.45) is 0.477. The van der Waals surface area contributed by atoms with Crippen LogP contribution in [0.25, 0.3) is 0 Å². The highest BCUT2D eigenvalue weighted by atomic mass is 16.5. The third-order valence-electron chi connectivity index (χ3n) is 3.64. The van der Waals surface area contributed by atoms with Crippen molar-refractivity contribution in [3.05, 3.63) is 23.8 Å². The Hall–Kier alpha value is -1.26. The van der Waals surface area contributed by atoms with Gasteiger partial charge in [0, 0.05) is 18.2 Å². The van der Waals surface area contributed by atoms with E-state index in [0.717, 1.165) is 30.0 Å². The van der Waals surface area contributed by atoms with Gasteiger partial charge in [0.15, 0.2) is 0 Å². The molecule has 120 valence electrons. The Labute approximate surface area is 128 Å². The number of ether oxygens (including phenoxy) is 2. The van der Waals surface area contributed by atoms with Crippen LogP contribution in [0.5, 0.6) is 11.5 Å². The van der Waals surface area contributed by atoms with E-state index in [1.165, 1.54) is 0 Å². The van der Waals surface area contributed by atoms with Crippen LogP contribution in [0.1, 0.15) is 45.7 Å². The normalized spacial score (nSPS) is 14.6. The summed E-state index contributed by atoms with van der Waals surface area (Å²) >= 11 is 0. The molecule has 4 nitrogen and oxygen atoms in total. The highest BCUT2D eigenvalue weighted by molar-refractivity contribution is 5.42. The second kappa shape index (κ2) is 7.66. The molecule has 0 saturated heterocycles. The van der Waals surface area contributed by atoms with Crippen LogP contribution < -0.4 is 14.8 Å². The molecule has 0 amide bonds. The lowest BCUT2D eigenvalue weighted by Gasteiger charge is -2.29. The Morgan fingerprint density at radius 1 is 1.19 bits per heavy atom. The van der Waals surface area contributed by atoms with Gasteiger partial charge in [-0.25, -0.2) is 0 Å². The minimum absolute atomic E-state index is 0.0362. The lowest BCUT2D eigenvalue weighted by molar-refractivity contribution is 0.126. The Balaban J connectivity index is 2.77. The van der Waals surface area contributed by atoms with Crippen LogP contribution in [-0.4, -0.2) is 32.0 Å². The molecule has 0 fully saturated rings. The molecular weight excluding hydrogens is 266 g/mol. The minimum Gasteiger partial charge on any atom is -0.497 e. The van der Waals surface area contributed by atoms with Crippen molar-refractivity contribution in [1.82, 2.24) is 5.32 Å². The van der Waals surface area contributed by atoms with Gasteiger partial charge in [-0.1, -0.05) is 13.8 Å². The summed E-state index contributed by atoms with van der Waals surface area (Å²) in [7, 11) is 3.34. The van der Waals surface area contributed by atoms with Gasteiger partial charge in [0.05, 0.1) is 20.3 Å². The molecule has 0 saturated carbocycles. The highest BCUT2D eigenvalue weighted by Crippen LogP contribution is 2.30. The number of nitrogens with one attached hydrogen (secondary N) is 1. The molecule has 0 aliphatic carbocycles. The van der Waals surface area contributed by atoms with Crippen molar-refractivity contribution in [3.63, 3.8) is 0 Å². The molecule has 1 aromatic rings. The zero-order valence-electron chi connectivity index (χ0n) is 14.1. The van der Waals surface area contributed by atoms with E-state index in [0.29, 0.717) is 0 Å². The minimum atomic E-state index is -0.288. The van der Waals surface area contributed by atoms with Gasteiger partial charge in [-0.2, -0.15) is 0 Å². The maximum Gasteiger partial charge on any atom is 0.123 e. The monoisotopic (exact) mass is 295 g/mol. The Bertz CT molecular complexity index is 444. The molecule has 0 bridgehead atoms. The molecular formula is C17H29NO3. The lowest BCUT2D eigenvalue weighted by Crippen LogP contribution is -2.33. The molecule has 0 aliphatic rings. The molecule has 0 heterocycles. The molecule has 2 unspecified atom stereocenters. The summed E-state index contributed by atoms with van der Waals surface area (Å²) in [4.78, 5) is 0. The van der Waals surface area contributed by atoms with E-state index in [1.54, 1.807) is 14.2 Å². The number of rotatable bonds is 8. The molecule has 4 heteroatoms. The largest absolute Gasteiger partial charge is 0.497 e. The van der Waals surface area contributed by atoms with Crippen molar-refractivity contribution in [2.24, 2.45) is 5.41 Å². The summed E-state index contributed by atoms with van der Waals surface area (Å²) in [6, 6.07) is 5.96. The number of hydrogen-bond donors (Lipinski definition) is 2. The second-order valence-electron chi connectivity index (χ2n) is 6.43. The summed E-state index contributed by atoms with van der Waals surface area (Å²) in [5.74, 6) is 1.67. The molecule has 2 atom stereocenters. The Morgan fingerprint density at radius 3 is 2.38 bits per heavy atom. The van der Waals surface area contributed by atoms with Crippen molar-refractivity contribution in [2.75, 3.05) is 20.8 Å². The topological polar surface area (TPSA) is 50.7 Å². The van der Waals surface area contributed by atoms with Gasteiger partial charge in [0.1, 0.15) is 11.5 Å². The fourth-order valence-electron chi connectivity index (χ4n) is 2.59. The standard InChI is InChI=1S/C17H29NO3/c1-12(19)10-17(3,4)11-18-13(2)15-9-14(20-5)7-8-16(15)21-6/h7-9,12-13,18-19H,10-11H2,1-6H3. The third-order valence-corrected chi connectivity index (χ3v) is 3.64. The van der Waals surface area contributed by atoms with Gasteiger partial charge in [-0.3, -0.25) is 0 Å². The fraction of sp³-hybridized carbons (Fsp3) is 0.647. The maximum atomic E-state index is 9.56. The zero-order chi connectivity index (χ0) is 16.0. The molecule has 1 rings (SSSR count). The van der Waals surface area contributed by atoms with Crippen LogP contribution in [0, 0.1) is 5.41 Å². The number of aliphatic hydroxyl groups excluding tert-OH is 1. The molecule has 0 aromatic heterocycles. The van der Waals surface area contributed by atoms with Crippen LogP contribution in [0.3, 0.4) is 0 Å². The first-order valence-electron chi connectivity index (χ1n) is 7.42. The van der Waals surface area contributed by atoms with E-state index >= 15 is 0 Å². The van der Waals surface area contributed by atoms with Crippen molar-refractivity contribution in [3.8, 4) is 11.5 Å². The Morgan fingerprint density at radius 2 is 1.86 bits per heavy atom. The van der Waals surface area contributed by atoms with Gasteiger partial charge < -0.3 is 19.9 Å². The molecule has 1 aromatic carbocycles. The van der Waals surface area contributed by atoms with Crippen LogP contribution in [0.2, 0.25) is 0 Å². The Kier molecular flexibility index (Phi) is 6.49. The third kappa shape index (κ3) is 5.56. The van der Waals surface area contributed by atoms with E-state index in [1.807, 2.05) is 25.1 Å². The summed E-state index contributed by atoms with van der Waals surface area (Å²) in [6.45, 7) is 9.07. The van der Waals surface area contributed by atoms with Crippen molar-refractivity contribution in [2.45, 2.75) is 46.3 Å². The predicted molar refractivity (Wildman–Crippen MR) is 86.0 cm³/mol. The van der Waals surface area contributed by atoms with Gasteiger partial charge >= 0.3 is 0 Å². The maximum absolute atomic E-state index is 9.56. The fourth-order valence-corrected chi connectivity index (χ4v) is 2.59. The first-order chi connectivity index (χ1) is 9.79. The van der Waals surface area contributed by atoms with Crippen LogP contribution in [-0.2, 0) is 0 Å². The quantitative estimate of drug-likeness (QED) is 0.773. The van der Waals surface area contributed by atoms with Crippen LogP contribution in [0.4, 0.5) is 0 Å². The van der Waals surface area contributed by atoms with E-state index < -0.39 is 0 Å². The molecule has 0 radical (unpaired) electrons. The van der Waals surface area contributed by atoms with Crippen molar-refractivity contribution >= 4 is 0 Å². The van der Waals surface area contributed by atoms with E-state index in [2.05, 4.69) is 26.1 Å². The van der Waals surface area contributed by atoms with Crippen LogP contribution in [0.15, 0.2) is 18.2 Å². The number of aliphatic hydroxyl groups is 1. The average Bonchev–Trinajstić information content (AvgIpc) is 2.42. The first-order valence-corrected chi connectivity index (χ1v) is 7.42. The highest BCUT2D eigenvalue weighted by Gasteiger charge is 2.22. The first kappa shape index (κ1) is 17.8. The molecule has 0 spiro atoms. The second-order valence-corrected chi connectivity index (χ2v) is 6.43. The van der Waals surface area contributed by atoms with Gasteiger partial charge in [0.2, 0.25) is 0 Å². The van der Waals surface area contributed by atoms with E-state index in [-0.39, 0.29) is 17.6 Å². The predicted octanol–water partition coefficient (Wildman–Crippen LogP) is 3.15. The zero-order valence-corrected chi connectivity index (χ0v) is 14.1. The summed E-state index contributed by atoms with van der Waals surface area (Å²) < 4.78 is 10.7. The number of methoxy groups -OCH3 is 2. The van der Waals surface area contributed by atoms with Crippen LogP contribution >= 0.6 is 0 Å². The lowest BCUT2D eigenvalue weighted by atomic mass is 9.86. The molecule has 0 aliphatic heterocycles. The number of benzene rings is 1. The van der Waals surface area contributed by atoms with E-state index in [4.69, 9.17) is 9.47 Å². The summed E-state index contributed by atoms with van der Waals surface area (Å²) in [5.41, 5.74) is 1.11. The van der Waals surface area contributed by atoms with Crippen molar-refractivity contribution < 1.29 is 14.6 Å². The SMILES string of the molecule is COc1ccc(OC)c(C(C)NCC(C)(C)CC(C)O)c1. The van der Waals surface area contributed by atoms with Crippen molar-refractivity contribution in [1.29, 1.82) is 0 Å².